The molecule has 0 aromatic carbocycles. The number of rotatable bonds is 7. The van der Waals surface area contributed by atoms with Crippen LogP contribution in [0.15, 0.2) is 0 Å². The monoisotopic (exact) mass is 232 g/mol. The number of hydrogen-bond acceptors (Lipinski definition) is 2. The molecule has 0 aliphatic carbocycles. The van der Waals surface area contributed by atoms with Gasteiger partial charge in [-0.1, -0.05) is 26.9 Å². The van der Waals surface area contributed by atoms with Crippen molar-refractivity contribution in [2.24, 2.45) is 0 Å². The van der Waals surface area contributed by atoms with E-state index in [1.807, 2.05) is 0 Å². The van der Waals surface area contributed by atoms with Crippen molar-refractivity contribution in [2.75, 3.05) is 27.2 Å². The van der Waals surface area contributed by atoms with Crippen LogP contribution in [0.3, 0.4) is 0 Å². The van der Waals surface area contributed by atoms with Gasteiger partial charge in [0.2, 0.25) is 0 Å². The lowest BCUT2D eigenvalue weighted by Gasteiger charge is -2.26. The maximum atomic E-state index is 2.58. The molecular weight excluding hydrogens is 204 g/mol. The summed E-state index contributed by atoms with van der Waals surface area (Å²) >= 11 is 0. The van der Waals surface area contributed by atoms with E-state index >= 15 is 0 Å². The summed E-state index contributed by atoms with van der Waals surface area (Å²) in [6, 6.07) is 3.00. The van der Waals surface area contributed by atoms with E-state index in [9.17, 15) is 0 Å². The Kier molecular flexibility index (Phi) is 7.81. The number of nitrogens with zero attached hydrogens (tertiary/aromatic N) is 2. The predicted octanol–water partition coefficient (Wildman–Crippen LogP) is 1.60. The molecule has 4 heteroatoms. The molecule has 0 aliphatic rings. The molecule has 0 saturated heterocycles. The first kappa shape index (κ1) is 14.4. The molecule has 2 nitrogen and oxygen atoms in total. The molecule has 0 spiro atoms. The predicted molar refractivity (Wildman–Crippen MR) is 72.2 cm³/mol. The second kappa shape index (κ2) is 7.62. The van der Waals surface area contributed by atoms with Crippen molar-refractivity contribution in [3.63, 3.8) is 0 Å². The lowest BCUT2D eigenvalue weighted by atomic mass is 10.8. The Morgan fingerprint density at radius 3 is 1.29 bits per heavy atom. The smallest absolute Gasteiger partial charge is 0.108 e. The van der Waals surface area contributed by atoms with Crippen LogP contribution in [0.25, 0.3) is 0 Å². The minimum Gasteiger partial charge on any atom is -0.329 e. The Labute approximate surface area is 93.7 Å². The van der Waals surface area contributed by atoms with E-state index in [-0.39, 0.29) is 0 Å². The molecular formula is C10H28N2Si2. The molecule has 0 rings (SSSR count). The fraction of sp³-hybridized carbons (Fsp3) is 1.00. The van der Waals surface area contributed by atoms with Crippen LogP contribution in [0.4, 0.5) is 0 Å². The largest absolute Gasteiger partial charge is 0.329 e. The first-order chi connectivity index (χ1) is 6.52. The van der Waals surface area contributed by atoms with Crippen LogP contribution >= 0.6 is 0 Å². The third-order valence-electron chi connectivity index (χ3n) is 3.50. The van der Waals surface area contributed by atoms with E-state index < -0.39 is 17.9 Å². The van der Waals surface area contributed by atoms with Crippen LogP contribution in [0.1, 0.15) is 13.8 Å². The van der Waals surface area contributed by atoms with Crippen LogP contribution in [-0.2, 0) is 0 Å². The van der Waals surface area contributed by atoms with E-state index in [4.69, 9.17) is 0 Å². The van der Waals surface area contributed by atoms with Crippen LogP contribution in [-0.4, -0.2) is 54.2 Å². The Morgan fingerprint density at radius 2 is 1.07 bits per heavy atom. The second-order valence-corrected chi connectivity index (χ2v) is 10.7. The summed E-state index contributed by atoms with van der Waals surface area (Å²) in [6.45, 7) is 12.0. The van der Waals surface area contributed by atoms with Gasteiger partial charge in [0.1, 0.15) is 17.9 Å². The summed E-state index contributed by atoms with van der Waals surface area (Å²) in [6.07, 6.45) is 0. The third kappa shape index (κ3) is 5.29. The van der Waals surface area contributed by atoms with Crippen LogP contribution < -0.4 is 0 Å². The average molecular weight is 233 g/mol. The van der Waals surface area contributed by atoms with Gasteiger partial charge in [0, 0.05) is 0 Å². The Bertz CT molecular complexity index is 128. The van der Waals surface area contributed by atoms with E-state index in [1.165, 1.54) is 25.2 Å². The standard InChI is InChI=1S/C10H28N2Si2/c1-7-11(3)13(5)9-10-14(6)12(4)8-2/h13-14H,7-10H2,1-6H3. The average Bonchev–Trinajstić information content (AvgIpc) is 2.22. The maximum Gasteiger partial charge on any atom is 0.108 e. The van der Waals surface area contributed by atoms with Crippen LogP contribution in [0.2, 0.25) is 25.2 Å². The summed E-state index contributed by atoms with van der Waals surface area (Å²) in [5, 5.41) is 0. The van der Waals surface area contributed by atoms with Crippen molar-refractivity contribution in [1.82, 2.24) is 9.13 Å². The van der Waals surface area contributed by atoms with Gasteiger partial charge in [-0.2, -0.15) is 0 Å². The minimum absolute atomic E-state index is 0.563. The summed E-state index contributed by atoms with van der Waals surface area (Å²) in [5.41, 5.74) is 0. The SMILES string of the molecule is CCN(C)[SiH](C)CC[SiH](C)N(C)CC. The fourth-order valence-electron chi connectivity index (χ4n) is 1.55. The van der Waals surface area contributed by atoms with Crippen LogP contribution in [0.5, 0.6) is 0 Å². The molecule has 0 bridgehead atoms. The molecule has 0 heterocycles. The molecule has 14 heavy (non-hydrogen) atoms. The van der Waals surface area contributed by atoms with Gasteiger partial charge in [0.05, 0.1) is 0 Å². The molecule has 0 amide bonds. The highest BCUT2D eigenvalue weighted by Gasteiger charge is 2.14. The van der Waals surface area contributed by atoms with E-state index in [1.54, 1.807) is 0 Å². The topological polar surface area (TPSA) is 6.48 Å². The molecule has 0 fully saturated rings. The van der Waals surface area contributed by atoms with Crippen molar-refractivity contribution in [2.45, 2.75) is 39.0 Å². The molecule has 0 N–H and O–H groups in total. The van der Waals surface area contributed by atoms with Gasteiger partial charge < -0.3 is 9.13 Å². The van der Waals surface area contributed by atoms with Gasteiger partial charge in [0.15, 0.2) is 0 Å². The summed E-state index contributed by atoms with van der Waals surface area (Å²) < 4.78 is 5.15. The lowest BCUT2D eigenvalue weighted by molar-refractivity contribution is 0.542. The molecule has 0 saturated carbocycles. The minimum atomic E-state index is -0.563. The molecule has 2 atom stereocenters. The van der Waals surface area contributed by atoms with Crippen molar-refractivity contribution in [1.29, 1.82) is 0 Å². The van der Waals surface area contributed by atoms with Crippen molar-refractivity contribution in [3.05, 3.63) is 0 Å². The Morgan fingerprint density at radius 1 is 0.786 bits per heavy atom. The quantitative estimate of drug-likeness (QED) is 0.615. The van der Waals surface area contributed by atoms with Gasteiger partial charge in [-0.05, 0) is 39.3 Å². The molecule has 0 aromatic rings. The zero-order valence-corrected chi connectivity index (χ0v) is 13.2. The Balaban J connectivity index is 3.70. The second-order valence-electron chi connectivity index (χ2n) is 4.42. The first-order valence-corrected chi connectivity index (χ1v) is 10.9. The zero-order chi connectivity index (χ0) is 11.1. The summed E-state index contributed by atoms with van der Waals surface area (Å²) in [5.74, 6) is 0. The van der Waals surface area contributed by atoms with Crippen molar-refractivity contribution in [3.8, 4) is 0 Å². The Hall–Kier alpha value is 0.354. The van der Waals surface area contributed by atoms with Gasteiger partial charge in [-0.3, -0.25) is 0 Å². The molecule has 0 aromatic heterocycles. The summed E-state index contributed by atoms with van der Waals surface area (Å²) in [7, 11) is 3.44. The number of hydrogen-bond donors (Lipinski definition) is 0. The maximum absolute atomic E-state index is 2.58. The normalized spacial score (nSPS) is 16.3. The lowest BCUT2D eigenvalue weighted by Crippen LogP contribution is -2.37. The van der Waals surface area contributed by atoms with Crippen LogP contribution in [0, 0.1) is 0 Å². The van der Waals surface area contributed by atoms with Gasteiger partial charge in [-0.25, -0.2) is 0 Å². The molecule has 86 valence electrons. The van der Waals surface area contributed by atoms with E-state index in [0.717, 1.165) is 0 Å². The molecule has 0 radical (unpaired) electrons. The van der Waals surface area contributed by atoms with E-state index in [2.05, 4.69) is 50.2 Å². The van der Waals surface area contributed by atoms with E-state index in [0.29, 0.717) is 0 Å². The zero-order valence-electron chi connectivity index (χ0n) is 10.9. The van der Waals surface area contributed by atoms with Gasteiger partial charge in [-0.15, -0.1) is 0 Å². The molecule has 2 unspecified atom stereocenters. The highest BCUT2D eigenvalue weighted by Crippen LogP contribution is 2.07. The first-order valence-electron chi connectivity index (χ1n) is 5.93. The fourth-order valence-corrected chi connectivity index (χ4v) is 7.53. The van der Waals surface area contributed by atoms with Gasteiger partial charge >= 0.3 is 0 Å². The highest BCUT2D eigenvalue weighted by atomic mass is 28.3. The summed E-state index contributed by atoms with van der Waals surface area (Å²) in [4.78, 5) is 0. The van der Waals surface area contributed by atoms with Crippen molar-refractivity contribution >= 4 is 17.9 Å². The third-order valence-corrected chi connectivity index (χ3v) is 10.2. The highest BCUT2D eigenvalue weighted by molar-refractivity contribution is 6.60. The molecule has 0 aliphatic heterocycles. The van der Waals surface area contributed by atoms with Gasteiger partial charge in [0.25, 0.3) is 0 Å². The van der Waals surface area contributed by atoms with Crippen molar-refractivity contribution < 1.29 is 0 Å².